The maximum absolute atomic E-state index is 14.5. The Morgan fingerprint density at radius 3 is 1.87 bits per heavy atom. The second-order valence-corrected chi connectivity index (χ2v) is 14.5. The average molecular weight is 638 g/mol. The largest absolute Gasteiger partial charge is 0.458 e. The van der Waals surface area contributed by atoms with Gasteiger partial charge in [-0.05, 0) is 85.3 Å². The van der Waals surface area contributed by atoms with E-state index in [4.69, 9.17) is 9.47 Å². The van der Waals surface area contributed by atoms with E-state index in [9.17, 15) is 19.2 Å². The topological polar surface area (TPSA) is 114 Å². The summed E-state index contributed by atoms with van der Waals surface area (Å²) in [5.41, 5.74) is 1.79. The van der Waals surface area contributed by atoms with Crippen LogP contribution in [0.5, 0.6) is 0 Å². The van der Waals surface area contributed by atoms with Crippen molar-refractivity contribution in [1.82, 2.24) is 15.5 Å². The van der Waals surface area contributed by atoms with Crippen LogP contribution < -0.4 is 10.6 Å². The van der Waals surface area contributed by atoms with Crippen LogP contribution in [0.3, 0.4) is 0 Å². The van der Waals surface area contributed by atoms with Crippen LogP contribution in [0, 0.1) is 19.8 Å². The summed E-state index contributed by atoms with van der Waals surface area (Å²) in [5.74, 6) is -1.43. The van der Waals surface area contributed by atoms with E-state index >= 15 is 0 Å². The molecule has 254 valence electrons. The van der Waals surface area contributed by atoms with Crippen molar-refractivity contribution in [3.63, 3.8) is 0 Å². The number of esters is 1. The second kappa shape index (κ2) is 16.6. The van der Waals surface area contributed by atoms with Gasteiger partial charge in [-0.25, -0.2) is 9.59 Å². The van der Waals surface area contributed by atoms with Gasteiger partial charge in [0.1, 0.15) is 29.3 Å². The van der Waals surface area contributed by atoms with Crippen LogP contribution in [0.1, 0.15) is 103 Å². The molecule has 0 radical (unpaired) electrons. The summed E-state index contributed by atoms with van der Waals surface area (Å²) in [4.78, 5) is 56.8. The summed E-state index contributed by atoms with van der Waals surface area (Å²) < 4.78 is 11.2. The Morgan fingerprint density at radius 2 is 1.37 bits per heavy atom. The molecule has 0 aliphatic heterocycles. The van der Waals surface area contributed by atoms with Gasteiger partial charge in [0, 0.05) is 13.0 Å². The summed E-state index contributed by atoms with van der Waals surface area (Å²) >= 11 is 0. The van der Waals surface area contributed by atoms with Crippen molar-refractivity contribution in [2.75, 3.05) is 6.54 Å². The third-order valence-electron chi connectivity index (χ3n) is 6.85. The Labute approximate surface area is 275 Å². The minimum atomic E-state index is -1.08. The van der Waals surface area contributed by atoms with E-state index in [0.29, 0.717) is 18.4 Å². The lowest BCUT2D eigenvalue weighted by atomic mass is 9.96. The lowest BCUT2D eigenvalue weighted by Crippen LogP contribution is -2.55. The zero-order valence-corrected chi connectivity index (χ0v) is 29.7. The fraction of sp³-hybridized carbons (Fsp3) is 0.568. The first-order valence-electron chi connectivity index (χ1n) is 16.2. The summed E-state index contributed by atoms with van der Waals surface area (Å²) in [7, 11) is 0. The highest BCUT2D eigenvalue weighted by molar-refractivity contribution is 5.94. The Morgan fingerprint density at radius 1 is 0.804 bits per heavy atom. The predicted octanol–water partition coefficient (Wildman–Crippen LogP) is 6.59. The zero-order valence-electron chi connectivity index (χ0n) is 29.7. The molecule has 0 fully saturated rings. The van der Waals surface area contributed by atoms with Gasteiger partial charge in [-0.1, -0.05) is 80.4 Å². The molecule has 0 saturated heterocycles. The number of rotatable bonds is 13. The van der Waals surface area contributed by atoms with E-state index in [1.54, 1.807) is 41.5 Å². The van der Waals surface area contributed by atoms with Crippen LogP contribution in [-0.4, -0.2) is 58.6 Å². The number of benzene rings is 2. The van der Waals surface area contributed by atoms with Gasteiger partial charge < -0.3 is 25.0 Å². The number of nitrogens with zero attached hydrogens (tertiary/aromatic N) is 1. The van der Waals surface area contributed by atoms with Gasteiger partial charge in [0.2, 0.25) is 11.8 Å². The molecule has 2 rings (SSSR count). The molecule has 2 aromatic carbocycles. The van der Waals surface area contributed by atoms with E-state index in [1.165, 1.54) is 4.90 Å². The molecule has 3 unspecified atom stereocenters. The number of carbonyl (C=O) groups excluding carboxylic acids is 4. The molecule has 3 amide bonds. The molecular weight excluding hydrogens is 582 g/mol. The second-order valence-electron chi connectivity index (χ2n) is 14.5. The lowest BCUT2D eigenvalue weighted by Gasteiger charge is -2.36. The molecule has 0 saturated carbocycles. The van der Waals surface area contributed by atoms with E-state index < -0.39 is 53.2 Å². The standard InChI is InChI=1S/C37H55N3O6/c1-12-18-40(33(42)29(19-24(2)3)39-35(44)46-37(9,10)11)31(28-21-25(4)20-26(5)22-28)32(41)38-30(34(43)45-36(6,7)8)23-27-16-14-13-15-17-27/h13-17,20-22,24,29-31H,12,18-19,23H2,1-11H3,(H,38,41)(H,39,44). The zero-order chi connectivity index (χ0) is 34.8. The van der Waals surface area contributed by atoms with Gasteiger partial charge in [-0.15, -0.1) is 0 Å². The molecule has 2 N–H and O–H groups in total. The Kier molecular flexibility index (Phi) is 13.8. The maximum Gasteiger partial charge on any atom is 0.408 e. The number of alkyl carbamates (subject to hydrolysis) is 1. The van der Waals surface area contributed by atoms with Crippen molar-refractivity contribution < 1.29 is 28.7 Å². The van der Waals surface area contributed by atoms with Crippen molar-refractivity contribution >= 4 is 23.9 Å². The predicted molar refractivity (Wildman–Crippen MR) is 181 cm³/mol. The fourth-order valence-corrected chi connectivity index (χ4v) is 5.26. The minimum absolute atomic E-state index is 0.0586. The van der Waals surface area contributed by atoms with Gasteiger partial charge in [-0.3, -0.25) is 9.59 Å². The van der Waals surface area contributed by atoms with Crippen molar-refractivity contribution in [3.05, 3.63) is 70.8 Å². The fourth-order valence-electron chi connectivity index (χ4n) is 5.26. The van der Waals surface area contributed by atoms with E-state index in [-0.39, 0.29) is 18.9 Å². The van der Waals surface area contributed by atoms with E-state index in [1.807, 2.05) is 83.1 Å². The Bertz CT molecular complexity index is 1310. The summed E-state index contributed by atoms with van der Waals surface area (Å²) in [5, 5.41) is 5.72. The van der Waals surface area contributed by atoms with Gasteiger partial charge in [0.05, 0.1) is 0 Å². The highest BCUT2D eigenvalue weighted by Crippen LogP contribution is 2.27. The number of hydrogen-bond donors (Lipinski definition) is 2. The Balaban J connectivity index is 2.62. The van der Waals surface area contributed by atoms with Crippen LogP contribution in [-0.2, 0) is 30.3 Å². The molecule has 9 heteroatoms. The highest BCUT2D eigenvalue weighted by Gasteiger charge is 2.38. The van der Waals surface area contributed by atoms with Crippen molar-refractivity contribution in [2.24, 2.45) is 5.92 Å². The number of nitrogens with one attached hydrogen (secondary N) is 2. The molecule has 0 heterocycles. The average Bonchev–Trinajstić information content (AvgIpc) is 2.89. The van der Waals surface area contributed by atoms with Crippen molar-refractivity contribution in [3.8, 4) is 0 Å². The number of hydrogen-bond acceptors (Lipinski definition) is 6. The molecule has 0 spiro atoms. The molecule has 46 heavy (non-hydrogen) atoms. The van der Waals surface area contributed by atoms with Crippen LogP contribution in [0.25, 0.3) is 0 Å². The monoisotopic (exact) mass is 637 g/mol. The summed E-state index contributed by atoms with van der Waals surface area (Å²) in [6.45, 7) is 20.6. The smallest absolute Gasteiger partial charge is 0.408 e. The van der Waals surface area contributed by atoms with E-state index in [0.717, 1.165) is 16.7 Å². The van der Waals surface area contributed by atoms with Crippen LogP contribution >= 0.6 is 0 Å². The molecular formula is C37H55N3O6. The first-order chi connectivity index (χ1) is 21.3. The van der Waals surface area contributed by atoms with Gasteiger partial charge >= 0.3 is 12.1 Å². The van der Waals surface area contributed by atoms with Crippen LogP contribution in [0.2, 0.25) is 0 Å². The molecule has 0 aliphatic rings. The third-order valence-corrected chi connectivity index (χ3v) is 6.85. The third kappa shape index (κ3) is 12.9. The SMILES string of the molecule is CCCN(C(=O)C(CC(C)C)NC(=O)OC(C)(C)C)C(C(=O)NC(Cc1ccccc1)C(=O)OC(C)(C)C)c1cc(C)cc(C)c1. The normalized spacial score (nSPS) is 13.7. The molecule has 0 aliphatic carbocycles. The molecule has 2 aromatic rings. The number of carbonyl (C=O) groups is 4. The number of amides is 3. The molecule has 0 bridgehead atoms. The van der Waals surface area contributed by atoms with Crippen molar-refractivity contribution in [1.29, 1.82) is 0 Å². The highest BCUT2D eigenvalue weighted by atomic mass is 16.6. The number of aryl methyl sites for hydroxylation is 2. The summed E-state index contributed by atoms with van der Waals surface area (Å²) in [6.07, 6.45) is 0.399. The molecule has 9 nitrogen and oxygen atoms in total. The first kappa shape index (κ1) is 38.3. The first-order valence-corrected chi connectivity index (χ1v) is 16.2. The molecule has 3 atom stereocenters. The Hall–Kier alpha value is -3.88. The van der Waals surface area contributed by atoms with Gasteiger partial charge in [0.15, 0.2) is 0 Å². The number of ether oxygens (including phenoxy) is 2. The molecule has 0 aromatic heterocycles. The van der Waals surface area contributed by atoms with Crippen molar-refractivity contribution in [2.45, 2.75) is 125 Å². The minimum Gasteiger partial charge on any atom is -0.458 e. The quantitative estimate of drug-likeness (QED) is 0.240. The summed E-state index contributed by atoms with van der Waals surface area (Å²) in [6, 6.07) is 12.1. The van der Waals surface area contributed by atoms with E-state index in [2.05, 4.69) is 10.6 Å². The van der Waals surface area contributed by atoms with Crippen LogP contribution in [0.4, 0.5) is 4.79 Å². The van der Waals surface area contributed by atoms with Gasteiger partial charge in [-0.2, -0.15) is 0 Å². The van der Waals surface area contributed by atoms with Gasteiger partial charge in [0.25, 0.3) is 0 Å². The maximum atomic E-state index is 14.5. The van der Waals surface area contributed by atoms with Crippen LogP contribution in [0.15, 0.2) is 48.5 Å². The lowest BCUT2D eigenvalue weighted by molar-refractivity contribution is -0.159.